The van der Waals surface area contributed by atoms with Crippen LogP contribution in [0.25, 0.3) is 5.65 Å². The van der Waals surface area contributed by atoms with Gasteiger partial charge in [0, 0.05) is 23.8 Å². The molecule has 0 bridgehead atoms. The Kier molecular flexibility index (Phi) is 3.37. The fraction of sp³-hybridized carbons (Fsp3) is 0.133. The maximum atomic E-state index is 12.7. The number of pyridine rings is 1. The Balaban J connectivity index is 1.91. The molecule has 3 aromatic rings. The van der Waals surface area contributed by atoms with Gasteiger partial charge in [0.15, 0.2) is 0 Å². The lowest BCUT2D eigenvalue weighted by molar-refractivity contribution is -0.137. The highest BCUT2D eigenvalue weighted by atomic mass is 35.5. The Hall–Kier alpha value is -2.01. The van der Waals surface area contributed by atoms with Crippen molar-refractivity contribution in [2.24, 2.45) is 0 Å². The van der Waals surface area contributed by atoms with Gasteiger partial charge < -0.3 is 4.40 Å². The van der Waals surface area contributed by atoms with Crippen LogP contribution in [-0.2, 0) is 12.6 Å². The summed E-state index contributed by atoms with van der Waals surface area (Å²) in [6.07, 6.45) is -0.447. The van der Waals surface area contributed by atoms with E-state index < -0.39 is 11.7 Å². The Morgan fingerprint density at radius 2 is 1.95 bits per heavy atom. The van der Waals surface area contributed by atoms with Crippen LogP contribution in [0, 0.1) is 0 Å². The molecule has 0 amide bonds. The Morgan fingerprint density at radius 3 is 2.71 bits per heavy atom. The van der Waals surface area contributed by atoms with Gasteiger partial charge in [0.2, 0.25) is 0 Å². The van der Waals surface area contributed by atoms with Crippen LogP contribution >= 0.6 is 11.6 Å². The van der Waals surface area contributed by atoms with Gasteiger partial charge in [0.25, 0.3) is 0 Å². The zero-order valence-corrected chi connectivity index (χ0v) is 11.5. The molecule has 0 fully saturated rings. The van der Waals surface area contributed by atoms with Gasteiger partial charge in [-0.15, -0.1) is 0 Å². The molecule has 0 saturated heterocycles. The maximum absolute atomic E-state index is 12.7. The van der Waals surface area contributed by atoms with Crippen LogP contribution in [0.4, 0.5) is 13.2 Å². The van der Waals surface area contributed by atoms with E-state index in [4.69, 9.17) is 11.6 Å². The van der Waals surface area contributed by atoms with Crippen molar-refractivity contribution in [3.8, 4) is 0 Å². The Morgan fingerprint density at radius 1 is 1.14 bits per heavy atom. The number of fused-ring (bicyclic) bond motifs is 1. The quantitative estimate of drug-likeness (QED) is 0.676. The van der Waals surface area contributed by atoms with Gasteiger partial charge in [0.05, 0.1) is 11.3 Å². The van der Waals surface area contributed by atoms with Gasteiger partial charge in [-0.3, -0.25) is 0 Å². The van der Waals surface area contributed by atoms with Gasteiger partial charge in [-0.25, -0.2) is 4.98 Å². The first-order chi connectivity index (χ1) is 9.91. The van der Waals surface area contributed by atoms with Crippen molar-refractivity contribution in [1.82, 2.24) is 9.38 Å². The molecule has 0 aliphatic carbocycles. The summed E-state index contributed by atoms with van der Waals surface area (Å²) in [7, 11) is 0. The topological polar surface area (TPSA) is 17.3 Å². The monoisotopic (exact) mass is 310 g/mol. The first kappa shape index (κ1) is 13.9. The third-order valence-corrected chi connectivity index (χ3v) is 3.35. The number of nitrogens with zero attached hydrogens (tertiary/aromatic N) is 2. The summed E-state index contributed by atoms with van der Waals surface area (Å²) in [6.45, 7) is 0. The summed E-state index contributed by atoms with van der Waals surface area (Å²) < 4.78 is 39.8. The molecular formula is C15H10ClF3N2. The van der Waals surface area contributed by atoms with Gasteiger partial charge in [-0.2, -0.15) is 13.2 Å². The molecule has 6 heteroatoms. The maximum Gasteiger partial charge on any atom is 0.416 e. The second-order valence-electron chi connectivity index (χ2n) is 4.72. The molecule has 3 rings (SSSR count). The molecule has 0 unspecified atom stereocenters. The van der Waals surface area contributed by atoms with Crippen molar-refractivity contribution in [2.75, 3.05) is 0 Å². The molecule has 0 N–H and O–H groups in total. The molecule has 21 heavy (non-hydrogen) atoms. The van der Waals surface area contributed by atoms with Crippen LogP contribution in [0.2, 0.25) is 5.02 Å². The summed E-state index contributed by atoms with van der Waals surface area (Å²) >= 11 is 5.88. The van der Waals surface area contributed by atoms with E-state index in [0.29, 0.717) is 28.3 Å². The fourth-order valence-electron chi connectivity index (χ4n) is 2.16. The largest absolute Gasteiger partial charge is 0.416 e. The van der Waals surface area contributed by atoms with Crippen LogP contribution < -0.4 is 0 Å². The molecular weight excluding hydrogens is 301 g/mol. The molecule has 2 nitrogen and oxygen atoms in total. The smallest absolute Gasteiger partial charge is 0.307 e. The minimum atomic E-state index is -4.33. The number of hydrogen-bond donors (Lipinski definition) is 0. The predicted molar refractivity (Wildman–Crippen MR) is 74.5 cm³/mol. The Bertz CT molecular complexity index is 793. The van der Waals surface area contributed by atoms with Gasteiger partial charge >= 0.3 is 6.18 Å². The summed E-state index contributed by atoms with van der Waals surface area (Å²) in [5, 5.41) is 0.568. The summed E-state index contributed by atoms with van der Waals surface area (Å²) in [4.78, 5) is 4.36. The van der Waals surface area contributed by atoms with E-state index >= 15 is 0 Å². The minimum absolute atomic E-state index is 0.337. The van der Waals surface area contributed by atoms with Crippen molar-refractivity contribution in [3.05, 3.63) is 70.6 Å². The number of rotatable bonds is 2. The van der Waals surface area contributed by atoms with E-state index in [2.05, 4.69) is 4.98 Å². The average molecular weight is 311 g/mol. The third-order valence-electron chi connectivity index (χ3n) is 3.11. The number of aromatic nitrogens is 2. The van der Waals surface area contributed by atoms with Crippen molar-refractivity contribution in [2.45, 2.75) is 12.6 Å². The molecule has 0 spiro atoms. The van der Waals surface area contributed by atoms with Crippen LogP contribution in [0.1, 0.15) is 16.8 Å². The Labute approximate surface area is 123 Å². The summed E-state index contributed by atoms with van der Waals surface area (Å²) in [5.41, 5.74) is 1.28. The van der Waals surface area contributed by atoms with Crippen molar-refractivity contribution < 1.29 is 13.2 Å². The van der Waals surface area contributed by atoms with Gasteiger partial charge in [-0.05, 0) is 23.8 Å². The highest BCUT2D eigenvalue weighted by Gasteiger charge is 2.30. The number of imidazole rings is 1. The van der Waals surface area contributed by atoms with E-state index in [1.165, 1.54) is 6.07 Å². The van der Waals surface area contributed by atoms with Crippen molar-refractivity contribution in [3.63, 3.8) is 0 Å². The lowest BCUT2D eigenvalue weighted by atomic mass is 10.1. The molecule has 0 aliphatic heterocycles. The van der Waals surface area contributed by atoms with Crippen LogP contribution in [0.5, 0.6) is 0 Å². The average Bonchev–Trinajstić information content (AvgIpc) is 2.79. The van der Waals surface area contributed by atoms with Gasteiger partial charge in [0.1, 0.15) is 5.65 Å². The second-order valence-corrected chi connectivity index (χ2v) is 5.15. The van der Waals surface area contributed by atoms with E-state index in [1.807, 2.05) is 0 Å². The molecule has 0 atom stereocenters. The molecule has 1 aromatic carbocycles. The highest BCUT2D eigenvalue weighted by Crippen LogP contribution is 2.30. The minimum Gasteiger partial charge on any atom is -0.307 e. The summed E-state index contributed by atoms with van der Waals surface area (Å²) in [5.74, 6) is 0. The first-order valence-corrected chi connectivity index (χ1v) is 6.59. The molecule has 108 valence electrons. The van der Waals surface area contributed by atoms with Crippen LogP contribution in [0.3, 0.4) is 0 Å². The first-order valence-electron chi connectivity index (χ1n) is 6.21. The number of benzene rings is 1. The number of halogens is 4. The normalized spacial score (nSPS) is 12.0. The third kappa shape index (κ3) is 3.03. The standard InChI is InChI=1S/C15H10ClF3N2/c16-12-4-5-21-9-13(20-14(21)8-12)7-10-2-1-3-11(6-10)15(17,18)19/h1-6,8-9H,7H2. The van der Waals surface area contributed by atoms with E-state index in [0.717, 1.165) is 12.1 Å². The lowest BCUT2D eigenvalue weighted by Gasteiger charge is -2.07. The fourth-order valence-corrected chi connectivity index (χ4v) is 2.32. The van der Waals surface area contributed by atoms with Crippen molar-refractivity contribution >= 4 is 17.2 Å². The zero-order valence-electron chi connectivity index (χ0n) is 10.7. The molecule has 2 heterocycles. The summed E-state index contributed by atoms with van der Waals surface area (Å²) in [6, 6.07) is 8.71. The van der Waals surface area contributed by atoms with Crippen LogP contribution in [-0.4, -0.2) is 9.38 Å². The zero-order chi connectivity index (χ0) is 15.0. The molecule has 2 aromatic heterocycles. The SMILES string of the molecule is FC(F)(F)c1cccc(Cc2cn3ccc(Cl)cc3n2)c1. The number of alkyl halides is 3. The lowest BCUT2D eigenvalue weighted by Crippen LogP contribution is -2.05. The van der Waals surface area contributed by atoms with Crippen molar-refractivity contribution in [1.29, 1.82) is 0 Å². The second kappa shape index (κ2) is 5.07. The number of hydrogen-bond acceptors (Lipinski definition) is 1. The van der Waals surface area contributed by atoms with E-state index in [-0.39, 0.29) is 0 Å². The molecule has 0 saturated carbocycles. The van der Waals surface area contributed by atoms with Crippen LogP contribution in [0.15, 0.2) is 48.8 Å². The predicted octanol–water partition coefficient (Wildman–Crippen LogP) is 4.60. The van der Waals surface area contributed by atoms with E-state index in [1.54, 1.807) is 35.0 Å². The highest BCUT2D eigenvalue weighted by molar-refractivity contribution is 6.30. The van der Waals surface area contributed by atoms with E-state index in [9.17, 15) is 13.2 Å². The molecule has 0 aliphatic rings. The van der Waals surface area contributed by atoms with Gasteiger partial charge in [-0.1, -0.05) is 29.8 Å². The molecule has 0 radical (unpaired) electrons.